The Morgan fingerprint density at radius 3 is 2.50 bits per heavy atom. The number of anilines is 1. The first-order chi connectivity index (χ1) is 11.4. The van der Waals surface area contributed by atoms with Gasteiger partial charge in [0.2, 0.25) is 0 Å². The third-order valence-electron chi connectivity index (χ3n) is 4.51. The van der Waals surface area contributed by atoms with Crippen LogP contribution < -0.4 is 11.1 Å². The number of hydrogen-bond donors (Lipinski definition) is 2. The molecule has 0 saturated carbocycles. The Labute approximate surface area is 140 Å². The molecule has 24 heavy (non-hydrogen) atoms. The Bertz CT molecular complexity index is 970. The molecule has 0 saturated heterocycles. The first-order valence-electron chi connectivity index (χ1n) is 7.66. The SMILES string of the molecule is Cc1c(C)n(C)c2ccc(C(=O)Nc3ccccc3C(N)=O)cc12. The molecule has 0 aliphatic rings. The van der Waals surface area contributed by atoms with Gasteiger partial charge in [-0.25, -0.2) is 0 Å². The molecule has 0 bridgehead atoms. The molecule has 3 N–H and O–H groups in total. The van der Waals surface area contributed by atoms with Crippen molar-refractivity contribution in [2.24, 2.45) is 12.8 Å². The molecule has 0 aliphatic carbocycles. The molecule has 1 heterocycles. The molecule has 0 aliphatic heterocycles. The third-order valence-corrected chi connectivity index (χ3v) is 4.51. The maximum absolute atomic E-state index is 12.6. The van der Waals surface area contributed by atoms with Crippen molar-refractivity contribution in [1.29, 1.82) is 0 Å². The minimum Gasteiger partial charge on any atom is -0.366 e. The predicted molar refractivity (Wildman–Crippen MR) is 95.3 cm³/mol. The van der Waals surface area contributed by atoms with E-state index in [2.05, 4.69) is 16.8 Å². The van der Waals surface area contributed by atoms with Gasteiger partial charge < -0.3 is 15.6 Å². The van der Waals surface area contributed by atoms with Gasteiger partial charge in [0, 0.05) is 29.2 Å². The Morgan fingerprint density at radius 1 is 1.08 bits per heavy atom. The zero-order valence-corrected chi connectivity index (χ0v) is 13.9. The summed E-state index contributed by atoms with van der Waals surface area (Å²) in [6, 6.07) is 12.3. The standard InChI is InChI=1S/C19H19N3O2/c1-11-12(2)22(3)17-9-8-13(10-15(11)17)19(24)21-16-7-5-4-6-14(16)18(20)23/h4-10H,1-3H3,(H2,20,23)(H,21,24). The summed E-state index contributed by atoms with van der Waals surface area (Å²) in [4.78, 5) is 24.0. The fraction of sp³-hybridized carbons (Fsp3) is 0.158. The highest BCUT2D eigenvalue weighted by molar-refractivity contribution is 6.10. The van der Waals surface area contributed by atoms with Gasteiger partial charge in [0.1, 0.15) is 0 Å². The number of carbonyl (C=O) groups excluding carboxylic acids is 2. The van der Waals surface area contributed by atoms with E-state index in [1.807, 2.05) is 26.1 Å². The van der Waals surface area contributed by atoms with Crippen molar-refractivity contribution in [3.8, 4) is 0 Å². The summed E-state index contributed by atoms with van der Waals surface area (Å²) >= 11 is 0. The van der Waals surface area contributed by atoms with Gasteiger partial charge in [0.25, 0.3) is 11.8 Å². The van der Waals surface area contributed by atoms with Crippen molar-refractivity contribution in [2.75, 3.05) is 5.32 Å². The summed E-state index contributed by atoms with van der Waals surface area (Å²) in [7, 11) is 2.01. The molecule has 2 amide bonds. The lowest BCUT2D eigenvalue weighted by molar-refractivity contribution is 0.100. The number of nitrogens with two attached hydrogens (primary N) is 1. The van der Waals surface area contributed by atoms with Crippen molar-refractivity contribution < 1.29 is 9.59 Å². The van der Waals surface area contributed by atoms with E-state index in [-0.39, 0.29) is 5.91 Å². The quantitative estimate of drug-likeness (QED) is 0.777. The molecule has 5 nitrogen and oxygen atoms in total. The fourth-order valence-corrected chi connectivity index (χ4v) is 2.90. The number of para-hydroxylation sites is 1. The number of hydrogen-bond acceptors (Lipinski definition) is 2. The van der Waals surface area contributed by atoms with Gasteiger partial charge in [-0.1, -0.05) is 12.1 Å². The number of carbonyl (C=O) groups is 2. The molecule has 2 aromatic carbocycles. The highest BCUT2D eigenvalue weighted by Gasteiger charge is 2.14. The molecule has 122 valence electrons. The molecular formula is C19H19N3O2. The van der Waals surface area contributed by atoms with Crippen LogP contribution in [0.25, 0.3) is 10.9 Å². The van der Waals surface area contributed by atoms with Gasteiger partial charge in [-0.05, 0) is 49.7 Å². The summed E-state index contributed by atoms with van der Waals surface area (Å²) in [6.07, 6.45) is 0. The monoisotopic (exact) mass is 321 g/mol. The van der Waals surface area contributed by atoms with Crippen LogP contribution in [0.2, 0.25) is 0 Å². The van der Waals surface area contributed by atoms with Crippen LogP contribution in [-0.2, 0) is 7.05 Å². The van der Waals surface area contributed by atoms with Crippen LogP contribution >= 0.6 is 0 Å². The number of aromatic nitrogens is 1. The topological polar surface area (TPSA) is 77.1 Å². The maximum Gasteiger partial charge on any atom is 0.255 e. The largest absolute Gasteiger partial charge is 0.366 e. The van der Waals surface area contributed by atoms with Gasteiger partial charge >= 0.3 is 0 Å². The summed E-state index contributed by atoms with van der Waals surface area (Å²) < 4.78 is 2.11. The number of rotatable bonds is 3. The maximum atomic E-state index is 12.6. The van der Waals surface area contributed by atoms with Gasteiger partial charge in [0.05, 0.1) is 11.3 Å². The molecule has 5 heteroatoms. The molecule has 0 radical (unpaired) electrons. The van der Waals surface area contributed by atoms with Gasteiger partial charge in [-0.15, -0.1) is 0 Å². The van der Waals surface area contributed by atoms with E-state index in [0.29, 0.717) is 16.8 Å². The van der Waals surface area contributed by atoms with E-state index in [1.54, 1.807) is 30.3 Å². The molecular weight excluding hydrogens is 302 g/mol. The van der Waals surface area contributed by atoms with E-state index in [0.717, 1.165) is 16.5 Å². The number of aryl methyl sites for hydroxylation is 2. The van der Waals surface area contributed by atoms with Gasteiger partial charge in [-0.2, -0.15) is 0 Å². The van der Waals surface area contributed by atoms with Crippen LogP contribution in [0, 0.1) is 13.8 Å². The van der Waals surface area contributed by atoms with Crippen molar-refractivity contribution >= 4 is 28.4 Å². The van der Waals surface area contributed by atoms with Crippen LogP contribution in [-0.4, -0.2) is 16.4 Å². The second kappa shape index (κ2) is 5.85. The molecule has 0 fully saturated rings. The number of benzene rings is 2. The number of nitrogens with zero attached hydrogens (tertiary/aromatic N) is 1. The van der Waals surface area contributed by atoms with Crippen LogP contribution in [0.5, 0.6) is 0 Å². The second-order valence-corrected chi connectivity index (χ2v) is 5.87. The van der Waals surface area contributed by atoms with Crippen molar-refractivity contribution in [3.63, 3.8) is 0 Å². The lowest BCUT2D eigenvalue weighted by Crippen LogP contribution is -2.18. The van der Waals surface area contributed by atoms with E-state index in [1.165, 1.54) is 5.69 Å². The van der Waals surface area contributed by atoms with Crippen LogP contribution in [0.15, 0.2) is 42.5 Å². The van der Waals surface area contributed by atoms with Crippen LogP contribution in [0.3, 0.4) is 0 Å². The van der Waals surface area contributed by atoms with E-state index >= 15 is 0 Å². The van der Waals surface area contributed by atoms with E-state index in [4.69, 9.17) is 5.73 Å². The van der Waals surface area contributed by atoms with Crippen LogP contribution in [0.1, 0.15) is 32.0 Å². The molecule has 0 atom stereocenters. The first kappa shape index (κ1) is 15.8. The molecule has 0 unspecified atom stereocenters. The zero-order chi connectivity index (χ0) is 17.4. The molecule has 3 rings (SSSR count). The normalized spacial score (nSPS) is 10.8. The summed E-state index contributed by atoms with van der Waals surface area (Å²) in [5, 5.41) is 3.81. The van der Waals surface area contributed by atoms with Crippen molar-refractivity contribution in [1.82, 2.24) is 4.57 Å². The van der Waals surface area contributed by atoms with Crippen LogP contribution in [0.4, 0.5) is 5.69 Å². The number of primary amides is 1. The average Bonchev–Trinajstić information content (AvgIpc) is 2.79. The summed E-state index contributed by atoms with van der Waals surface area (Å²) in [6.45, 7) is 4.10. The summed E-state index contributed by atoms with van der Waals surface area (Å²) in [5.41, 5.74) is 9.99. The minimum atomic E-state index is -0.573. The number of fused-ring (bicyclic) bond motifs is 1. The Balaban J connectivity index is 1.98. The second-order valence-electron chi connectivity index (χ2n) is 5.87. The first-order valence-corrected chi connectivity index (χ1v) is 7.66. The van der Waals surface area contributed by atoms with Crippen molar-refractivity contribution in [3.05, 3.63) is 64.8 Å². The average molecular weight is 321 g/mol. The molecule has 0 spiro atoms. The van der Waals surface area contributed by atoms with Gasteiger partial charge in [0.15, 0.2) is 0 Å². The van der Waals surface area contributed by atoms with Gasteiger partial charge in [-0.3, -0.25) is 9.59 Å². The Hall–Kier alpha value is -3.08. The number of nitrogens with one attached hydrogen (secondary N) is 1. The highest BCUT2D eigenvalue weighted by atomic mass is 16.2. The minimum absolute atomic E-state index is 0.272. The lowest BCUT2D eigenvalue weighted by Gasteiger charge is -2.09. The highest BCUT2D eigenvalue weighted by Crippen LogP contribution is 2.25. The molecule has 3 aromatic rings. The third kappa shape index (κ3) is 2.54. The van der Waals surface area contributed by atoms with E-state index in [9.17, 15) is 9.59 Å². The Morgan fingerprint density at radius 2 is 1.79 bits per heavy atom. The fourth-order valence-electron chi connectivity index (χ4n) is 2.90. The van der Waals surface area contributed by atoms with E-state index < -0.39 is 5.91 Å². The zero-order valence-electron chi connectivity index (χ0n) is 13.9. The molecule has 1 aromatic heterocycles. The summed E-state index contributed by atoms with van der Waals surface area (Å²) in [5.74, 6) is -0.845. The lowest BCUT2D eigenvalue weighted by atomic mass is 10.1. The number of amides is 2. The predicted octanol–water partition coefficient (Wildman–Crippen LogP) is 3.15. The van der Waals surface area contributed by atoms with Crippen molar-refractivity contribution in [2.45, 2.75) is 13.8 Å². The smallest absolute Gasteiger partial charge is 0.255 e. The Kier molecular flexibility index (Phi) is 3.85.